The molecule has 37 nitrogen and oxygen atoms in total. The molecule has 0 saturated heterocycles. The molecule has 0 aliphatic heterocycles. The summed E-state index contributed by atoms with van der Waals surface area (Å²) in [5.74, 6) is -13.2. The van der Waals surface area contributed by atoms with E-state index in [2.05, 4.69) is 81.1 Å². The summed E-state index contributed by atoms with van der Waals surface area (Å²) in [6, 6.07) is -8.29. The third kappa shape index (κ3) is 35.9. The van der Waals surface area contributed by atoms with Gasteiger partial charge in [-0.15, -0.1) is 0 Å². The number of nitrogens with two attached hydrogens (primary N) is 9. The van der Waals surface area contributed by atoms with Crippen LogP contribution in [0.3, 0.4) is 0 Å². The van der Waals surface area contributed by atoms with Crippen molar-refractivity contribution in [3.8, 4) is 0 Å². The average molecular weight is 1420 g/mol. The van der Waals surface area contributed by atoms with E-state index in [4.69, 9.17) is 51.6 Å². The van der Waals surface area contributed by atoms with E-state index in [0.717, 1.165) is 0 Å². The summed E-state index contributed by atoms with van der Waals surface area (Å²) in [4.78, 5) is 184. The number of amides is 12. The summed E-state index contributed by atoms with van der Waals surface area (Å²) < 4.78 is 0. The van der Waals surface area contributed by atoms with Crippen LogP contribution < -0.4 is 110 Å². The molecule has 12 amide bonds. The number of nitrogens with zero attached hydrogens (tertiary/aromatic N) is 2. The lowest BCUT2D eigenvalue weighted by molar-refractivity contribution is -0.142. The van der Waals surface area contributed by atoms with Crippen LogP contribution in [0.15, 0.2) is 40.3 Å². The van der Waals surface area contributed by atoms with Crippen molar-refractivity contribution in [2.45, 2.75) is 203 Å². The molecule has 31 N–H and O–H groups in total. The predicted molar refractivity (Wildman–Crippen MR) is 371 cm³/mol. The van der Waals surface area contributed by atoms with Crippen LogP contribution in [0.5, 0.6) is 0 Å². The molecule has 0 saturated carbocycles. The molecule has 0 aliphatic rings. The Hall–Kier alpha value is -8.98. The highest BCUT2D eigenvalue weighted by Gasteiger charge is 2.36. The first kappa shape index (κ1) is 88.0. The number of carboxylic acid groups (broad SMARTS) is 1. The van der Waals surface area contributed by atoms with Gasteiger partial charge in [0.25, 0.3) is 0 Å². The van der Waals surface area contributed by atoms with Gasteiger partial charge in [-0.3, -0.25) is 67.5 Å². The molecule has 38 heteroatoms. The number of aliphatic hydroxyl groups is 1. The molecule has 0 heterocycles. The van der Waals surface area contributed by atoms with Gasteiger partial charge in [0.1, 0.15) is 66.5 Å². The Morgan fingerprint density at radius 1 is 0.414 bits per heavy atom. The van der Waals surface area contributed by atoms with Gasteiger partial charge in [0.05, 0.1) is 12.6 Å². The van der Waals surface area contributed by atoms with E-state index in [0.29, 0.717) is 31.2 Å². The average Bonchev–Trinajstić information content (AvgIpc) is 0.895. The summed E-state index contributed by atoms with van der Waals surface area (Å²) in [6.07, 6.45) is 0.982. The Morgan fingerprint density at radius 3 is 1.10 bits per heavy atom. The molecule has 0 fully saturated rings. The third-order valence-electron chi connectivity index (χ3n) is 15.3. The SMILES string of the molecule is CC(C)[C@H](N)C(=O)N[C@@H](C)C(=O)N[C@@H](CO)C(=O)N[C@@H](CCCN=C(N)N)C(=O)N[C@@H](CCCCN)C(=O)N[C@@H](CS)C(=O)N[C@@H](CCCN=C(N)N)C(=O)N[C@@H](C)C(=O)N[C@@H](CCCCN)C(=O)N[C@@H](Cc1ccccc1)C(=O)N[C@@H](CCCCN)C(=O)N[C@@H](CCC(N)=O)C(=O)O. The number of hydrogen-bond donors (Lipinski definition) is 23. The fourth-order valence-corrected chi connectivity index (χ4v) is 9.64. The maximum Gasteiger partial charge on any atom is 0.326 e. The Balaban J connectivity index is 3.58. The van der Waals surface area contributed by atoms with Gasteiger partial charge in [0, 0.05) is 31.7 Å². The van der Waals surface area contributed by atoms with Crippen molar-refractivity contribution < 1.29 is 72.5 Å². The van der Waals surface area contributed by atoms with Gasteiger partial charge in [-0.25, -0.2) is 4.79 Å². The van der Waals surface area contributed by atoms with Gasteiger partial charge >= 0.3 is 5.97 Å². The van der Waals surface area contributed by atoms with Gasteiger partial charge < -0.3 is 120 Å². The molecule has 0 spiro atoms. The topological polar surface area (TPSA) is 654 Å². The molecule has 1 aromatic rings. The van der Waals surface area contributed by atoms with E-state index >= 15 is 0 Å². The maximum absolute atomic E-state index is 14.4. The fraction of sp³-hybridized carbons (Fsp3) is 0.656. The number of primary amides is 1. The molecular weight excluding hydrogens is 1310 g/mol. The number of benzene rings is 1. The minimum absolute atomic E-state index is 0.00507. The van der Waals surface area contributed by atoms with Gasteiger partial charge in [0.15, 0.2) is 11.9 Å². The highest BCUT2D eigenvalue weighted by molar-refractivity contribution is 7.80. The molecular formula is C61H108N22O15S. The van der Waals surface area contributed by atoms with Gasteiger partial charge in [-0.1, -0.05) is 44.2 Å². The predicted octanol–water partition coefficient (Wildman–Crippen LogP) is -7.65. The Labute approximate surface area is 581 Å². The standard InChI is InChI=1S/C61H108N22O15S/c1-33(2)47(66)58(96)74-35(4)49(87)82-44(31-84)56(94)78-41(22-15-29-72-61(69)70)51(89)76-39(20-10-13-27-64)54(92)83-45(32-99)57(95)79-40(21-14-28-71-60(67)68)50(88)73-34(3)48(86)75-37(18-8-11-25-62)53(91)81-43(30-36-16-6-5-7-17-36)55(93)77-38(19-9-12-26-63)52(90)80-42(59(97)98)23-24-46(65)85/h5-7,16-17,33-35,37-45,47,84,99H,8-15,18-32,62-64,66H2,1-4H3,(H2,65,85)(H,73,88)(H,74,96)(H,75,86)(H,76,89)(H,77,93)(H,78,94)(H,79,95)(H,80,90)(H,81,91)(H,82,87)(H,83,92)(H,97,98)(H4,67,68,71)(H4,69,70,72)/t34-,35-,37-,38-,39-,40-,41-,42-,43-,44-,45-,47-/m0/s1. The van der Waals surface area contributed by atoms with E-state index < -0.39 is 156 Å². The second-order valence-corrected chi connectivity index (χ2v) is 24.3. The molecule has 12 atom stereocenters. The number of hydrogen-bond acceptors (Lipinski definition) is 21. The quantitative estimate of drug-likeness (QED) is 0.0125. The summed E-state index contributed by atoms with van der Waals surface area (Å²) in [5.41, 5.74) is 51.0. The van der Waals surface area contributed by atoms with Gasteiger partial charge in [-0.2, -0.15) is 12.6 Å². The minimum atomic E-state index is -1.65. The van der Waals surface area contributed by atoms with E-state index in [1.54, 1.807) is 44.2 Å². The number of nitrogens with one attached hydrogen (secondary N) is 11. The second-order valence-electron chi connectivity index (χ2n) is 23.9. The molecule has 99 heavy (non-hydrogen) atoms. The molecule has 1 rings (SSSR count). The molecule has 0 aliphatic carbocycles. The lowest BCUT2D eigenvalue weighted by atomic mass is 10.0. The number of aliphatic hydroxyl groups excluding tert-OH is 1. The number of carbonyl (C=O) groups excluding carboxylic acids is 12. The van der Waals surface area contributed by atoms with Crippen molar-refractivity contribution in [2.24, 2.45) is 67.5 Å². The zero-order valence-corrected chi connectivity index (χ0v) is 57.8. The molecule has 558 valence electrons. The molecule has 0 unspecified atom stereocenters. The van der Waals surface area contributed by atoms with Crippen LogP contribution in [-0.2, 0) is 68.7 Å². The number of rotatable bonds is 51. The van der Waals surface area contributed by atoms with E-state index in [1.165, 1.54) is 13.8 Å². The van der Waals surface area contributed by atoms with E-state index in [-0.39, 0.29) is 133 Å². The first-order valence-corrected chi connectivity index (χ1v) is 33.5. The molecule has 0 aromatic heterocycles. The molecule has 0 bridgehead atoms. The Kier molecular flexibility index (Phi) is 43.3. The number of thiol groups is 1. The normalized spacial score (nSPS) is 14.7. The molecule has 1 aromatic carbocycles. The largest absolute Gasteiger partial charge is 0.480 e. The molecule has 0 radical (unpaired) electrons. The number of carbonyl (C=O) groups is 13. The lowest BCUT2D eigenvalue weighted by Crippen LogP contribution is -2.61. The zero-order chi connectivity index (χ0) is 74.7. The van der Waals surface area contributed by atoms with Gasteiger partial charge in [0.2, 0.25) is 70.9 Å². The van der Waals surface area contributed by atoms with E-state index in [1.807, 2.05) is 0 Å². The number of unbranched alkanes of at least 4 members (excludes halogenated alkanes) is 3. The number of carboxylic acids is 1. The highest BCUT2D eigenvalue weighted by atomic mass is 32.1. The van der Waals surface area contributed by atoms with Crippen molar-refractivity contribution in [3.05, 3.63) is 35.9 Å². The van der Waals surface area contributed by atoms with Crippen LogP contribution in [0.25, 0.3) is 0 Å². The fourth-order valence-electron chi connectivity index (χ4n) is 9.38. The minimum Gasteiger partial charge on any atom is -0.480 e. The van der Waals surface area contributed by atoms with Crippen LogP contribution in [0.1, 0.15) is 130 Å². The summed E-state index contributed by atoms with van der Waals surface area (Å²) in [7, 11) is 0. The number of guanidine groups is 2. The Bertz CT molecular complexity index is 2840. The van der Waals surface area contributed by atoms with Gasteiger partial charge in [-0.05, 0) is 135 Å². The van der Waals surface area contributed by atoms with Crippen LogP contribution in [0.2, 0.25) is 0 Å². The second kappa shape index (κ2) is 48.7. The summed E-state index contributed by atoms with van der Waals surface area (Å²) in [5, 5.41) is 47.8. The summed E-state index contributed by atoms with van der Waals surface area (Å²) in [6.45, 7) is 5.65. The third-order valence-corrected chi connectivity index (χ3v) is 15.6. The highest BCUT2D eigenvalue weighted by Crippen LogP contribution is 2.12. The van der Waals surface area contributed by atoms with Crippen molar-refractivity contribution in [1.82, 2.24) is 58.5 Å². The van der Waals surface area contributed by atoms with Crippen molar-refractivity contribution >= 4 is 101 Å². The smallest absolute Gasteiger partial charge is 0.326 e. The number of aliphatic imine (C=N–C) groups is 2. The van der Waals surface area contributed by atoms with Crippen LogP contribution in [-0.4, -0.2) is 217 Å². The lowest BCUT2D eigenvalue weighted by Gasteiger charge is -2.28. The van der Waals surface area contributed by atoms with Crippen LogP contribution in [0.4, 0.5) is 0 Å². The number of aliphatic carboxylic acids is 1. The van der Waals surface area contributed by atoms with E-state index in [9.17, 15) is 72.5 Å². The van der Waals surface area contributed by atoms with Crippen molar-refractivity contribution in [2.75, 3.05) is 45.1 Å². The first-order valence-electron chi connectivity index (χ1n) is 32.9. The zero-order valence-electron chi connectivity index (χ0n) is 56.9. The van der Waals surface area contributed by atoms with Crippen molar-refractivity contribution in [1.29, 1.82) is 0 Å². The van der Waals surface area contributed by atoms with Crippen LogP contribution in [0, 0.1) is 5.92 Å². The van der Waals surface area contributed by atoms with Crippen LogP contribution >= 0.6 is 12.6 Å². The first-order chi connectivity index (χ1) is 46.8. The van der Waals surface area contributed by atoms with Crippen molar-refractivity contribution in [3.63, 3.8) is 0 Å². The maximum atomic E-state index is 14.4. The summed E-state index contributed by atoms with van der Waals surface area (Å²) >= 11 is 4.31. The Morgan fingerprint density at radius 2 is 0.737 bits per heavy atom. The monoisotopic (exact) mass is 1420 g/mol.